The van der Waals surface area contributed by atoms with Gasteiger partial charge < -0.3 is 64.2 Å². The Labute approximate surface area is 430 Å². The summed E-state index contributed by atoms with van der Waals surface area (Å²) in [5.41, 5.74) is 0. The normalized spacial score (nSPS) is 25.4. The van der Waals surface area contributed by atoms with Crippen molar-refractivity contribution in [2.45, 2.75) is 300 Å². The monoisotopic (exact) mass is 1010 g/mol. The van der Waals surface area contributed by atoms with Crippen LogP contribution in [0.1, 0.15) is 232 Å². The van der Waals surface area contributed by atoms with Gasteiger partial charge in [-0.05, 0) is 44.9 Å². The van der Waals surface area contributed by atoms with Crippen LogP contribution in [0.3, 0.4) is 0 Å². The molecular weight excluding hydrogens is 909 g/mol. The van der Waals surface area contributed by atoms with Gasteiger partial charge in [0.1, 0.15) is 54.9 Å². The number of aliphatic hydroxyl groups excluding tert-OH is 7. The van der Waals surface area contributed by atoms with Crippen molar-refractivity contribution in [1.82, 2.24) is 0 Å². The maximum absolute atomic E-state index is 13.1. The second-order valence-electron chi connectivity index (χ2n) is 20.5. The van der Waals surface area contributed by atoms with Gasteiger partial charge in [0, 0.05) is 13.0 Å². The lowest BCUT2D eigenvalue weighted by molar-refractivity contribution is -0.332. The van der Waals surface area contributed by atoms with Crippen LogP contribution in [-0.4, -0.2) is 142 Å². The number of rotatable bonds is 47. The van der Waals surface area contributed by atoms with Gasteiger partial charge in [-0.25, -0.2) is 0 Å². The fourth-order valence-electron chi connectivity index (χ4n) is 9.26. The zero-order valence-electron chi connectivity index (χ0n) is 44.7. The van der Waals surface area contributed by atoms with Crippen LogP contribution in [0, 0.1) is 0 Å². The third kappa shape index (κ3) is 31.8. The van der Waals surface area contributed by atoms with Gasteiger partial charge in [-0.1, -0.05) is 205 Å². The molecule has 0 spiro atoms. The van der Waals surface area contributed by atoms with Crippen molar-refractivity contribution in [1.29, 1.82) is 0 Å². The first-order valence-corrected chi connectivity index (χ1v) is 28.9. The first-order valence-electron chi connectivity index (χ1n) is 28.9. The Morgan fingerprint density at radius 3 is 1.38 bits per heavy atom. The second kappa shape index (κ2) is 44.7. The van der Waals surface area contributed by atoms with E-state index in [1.54, 1.807) is 0 Å². The SMILES string of the molecule is CCCCC/C=C\C/C=C\CCCCCCCCCCOCC(COC1OC(COC2OC(CO)C(O)C(O)C2O)C(O)C(O)C1O)OC(=O)CCCCCCCCCCCCCCCCCCCCC. The number of allylic oxidation sites excluding steroid dienone is 4. The number of carbonyl (C=O) groups excluding carboxylic acids is 1. The van der Waals surface area contributed by atoms with Gasteiger partial charge >= 0.3 is 5.97 Å². The van der Waals surface area contributed by atoms with Crippen molar-refractivity contribution < 1.29 is 69.0 Å². The molecule has 0 amide bonds. The van der Waals surface area contributed by atoms with Crippen molar-refractivity contribution in [2.75, 3.05) is 33.0 Å². The Kier molecular flexibility index (Phi) is 41.3. The number of esters is 1. The minimum Gasteiger partial charge on any atom is -0.457 e. The van der Waals surface area contributed by atoms with Crippen LogP contribution >= 0.6 is 0 Å². The lowest BCUT2D eigenvalue weighted by atomic mass is 9.98. The molecule has 0 saturated carbocycles. The van der Waals surface area contributed by atoms with Crippen molar-refractivity contribution >= 4 is 5.97 Å². The number of ether oxygens (including phenoxy) is 6. The minimum absolute atomic E-state index is 0.0618. The van der Waals surface area contributed by atoms with Gasteiger partial charge in [0.15, 0.2) is 12.6 Å². The van der Waals surface area contributed by atoms with E-state index >= 15 is 0 Å². The quantitative estimate of drug-likeness (QED) is 0.0172. The molecule has 14 heteroatoms. The molecule has 0 aliphatic carbocycles. The first-order chi connectivity index (χ1) is 34.6. The molecular formula is C57H106O14. The summed E-state index contributed by atoms with van der Waals surface area (Å²) in [7, 11) is 0. The van der Waals surface area contributed by atoms with Gasteiger partial charge in [0.2, 0.25) is 0 Å². The Morgan fingerprint density at radius 1 is 0.465 bits per heavy atom. The average molecular weight is 1020 g/mol. The zero-order valence-corrected chi connectivity index (χ0v) is 44.7. The standard InChI is InChI=1S/C57H106O14/c1-3-5-7-9-11-13-15-17-19-21-23-24-26-28-30-32-34-36-38-40-49(59)69-46(43-66-41-39-37-35-33-31-29-27-25-22-20-18-16-14-12-10-8-6-4-2)44-67-56-55(65)53(63)51(61)48(71-56)45-68-57-54(64)52(62)50(60)47(42-58)70-57/h12,14,18,20,46-48,50-58,60-65H,3-11,13,15-17,19,21-45H2,1-2H3/b14-12-,20-18-. The Balaban J connectivity index is 1.72. The summed E-state index contributed by atoms with van der Waals surface area (Å²) in [6.07, 6.45) is 33.7. The van der Waals surface area contributed by atoms with E-state index in [0.29, 0.717) is 13.0 Å². The summed E-state index contributed by atoms with van der Waals surface area (Å²) < 4.78 is 34.4. The summed E-state index contributed by atoms with van der Waals surface area (Å²) in [6.45, 7) is 3.69. The molecule has 11 atom stereocenters. The van der Waals surface area contributed by atoms with Crippen molar-refractivity contribution in [3.63, 3.8) is 0 Å². The van der Waals surface area contributed by atoms with Gasteiger partial charge in [-0.2, -0.15) is 0 Å². The molecule has 0 aromatic carbocycles. The van der Waals surface area contributed by atoms with Gasteiger partial charge in [-0.3, -0.25) is 4.79 Å². The molecule has 0 bridgehead atoms. The van der Waals surface area contributed by atoms with Crippen molar-refractivity contribution in [3.8, 4) is 0 Å². The Bertz CT molecular complexity index is 1270. The van der Waals surface area contributed by atoms with E-state index in [9.17, 15) is 40.5 Å². The van der Waals surface area contributed by atoms with Crippen molar-refractivity contribution in [2.24, 2.45) is 0 Å². The molecule has 11 unspecified atom stereocenters. The molecule has 7 N–H and O–H groups in total. The predicted octanol–water partition coefficient (Wildman–Crippen LogP) is 9.97. The molecule has 2 aliphatic rings. The van der Waals surface area contributed by atoms with Crippen LogP contribution in [0.15, 0.2) is 24.3 Å². The summed E-state index contributed by atoms with van der Waals surface area (Å²) in [5.74, 6) is -0.373. The van der Waals surface area contributed by atoms with Gasteiger partial charge in [-0.15, -0.1) is 0 Å². The van der Waals surface area contributed by atoms with Crippen LogP contribution in [0.2, 0.25) is 0 Å². The number of hydrogen-bond donors (Lipinski definition) is 7. The van der Waals surface area contributed by atoms with E-state index in [4.69, 9.17) is 28.4 Å². The van der Waals surface area contributed by atoms with Crippen LogP contribution in [0.25, 0.3) is 0 Å². The second-order valence-corrected chi connectivity index (χ2v) is 20.5. The number of aliphatic hydroxyl groups is 7. The number of hydrogen-bond acceptors (Lipinski definition) is 14. The summed E-state index contributed by atoms with van der Waals surface area (Å²) in [5, 5.41) is 72.3. The maximum Gasteiger partial charge on any atom is 0.306 e. The summed E-state index contributed by atoms with van der Waals surface area (Å²) >= 11 is 0. The Morgan fingerprint density at radius 2 is 0.873 bits per heavy atom. The van der Waals surface area contributed by atoms with E-state index in [2.05, 4.69) is 38.2 Å². The molecule has 14 nitrogen and oxygen atoms in total. The predicted molar refractivity (Wildman–Crippen MR) is 280 cm³/mol. The highest BCUT2D eigenvalue weighted by Crippen LogP contribution is 2.27. The fourth-order valence-corrected chi connectivity index (χ4v) is 9.26. The molecule has 0 aromatic rings. The molecule has 2 aliphatic heterocycles. The molecule has 0 aromatic heterocycles. The van der Waals surface area contributed by atoms with E-state index in [0.717, 1.165) is 51.4 Å². The van der Waals surface area contributed by atoms with Crippen LogP contribution in [0.5, 0.6) is 0 Å². The third-order valence-electron chi connectivity index (χ3n) is 14.0. The smallest absolute Gasteiger partial charge is 0.306 e. The van der Waals surface area contributed by atoms with Gasteiger partial charge in [0.05, 0.1) is 26.4 Å². The molecule has 71 heavy (non-hydrogen) atoms. The molecule has 418 valence electrons. The topological polar surface area (TPSA) is 214 Å². The average Bonchev–Trinajstić information content (AvgIpc) is 3.37. The maximum atomic E-state index is 13.1. The lowest BCUT2D eigenvalue weighted by Gasteiger charge is -2.42. The van der Waals surface area contributed by atoms with Crippen molar-refractivity contribution in [3.05, 3.63) is 24.3 Å². The van der Waals surface area contributed by atoms with E-state index < -0.39 is 80.7 Å². The summed E-state index contributed by atoms with van der Waals surface area (Å²) in [6, 6.07) is 0. The molecule has 2 rings (SSSR count). The van der Waals surface area contributed by atoms with Crippen LogP contribution < -0.4 is 0 Å². The number of carbonyl (C=O) groups is 1. The molecule has 2 saturated heterocycles. The molecule has 2 heterocycles. The van der Waals surface area contributed by atoms with E-state index in [-0.39, 0.29) is 25.6 Å². The number of unbranched alkanes of at least 4 members (excludes halogenated alkanes) is 29. The highest BCUT2D eigenvalue weighted by Gasteiger charge is 2.47. The highest BCUT2D eigenvalue weighted by molar-refractivity contribution is 5.69. The minimum atomic E-state index is -1.71. The zero-order chi connectivity index (χ0) is 51.6. The van der Waals surface area contributed by atoms with Crippen LogP contribution in [-0.2, 0) is 33.2 Å². The fraction of sp³-hybridized carbons (Fsp3) is 0.912. The molecule has 0 radical (unpaired) electrons. The van der Waals surface area contributed by atoms with E-state index in [1.807, 2.05) is 0 Å². The molecule has 2 fully saturated rings. The first kappa shape index (κ1) is 65.6. The summed E-state index contributed by atoms with van der Waals surface area (Å²) in [4.78, 5) is 13.1. The van der Waals surface area contributed by atoms with Crippen LogP contribution in [0.4, 0.5) is 0 Å². The lowest BCUT2D eigenvalue weighted by Crippen LogP contribution is -2.61. The van der Waals surface area contributed by atoms with E-state index in [1.165, 1.54) is 154 Å². The van der Waals surface area contributed by atoms with Gasteiger partial charge in [0.25, 0.3) is 0 Å². The Hall–Kier alpha value is -1.53. The highest BCUT2D eigenvalue weighted by atomic mass is 16.7. The third-order valence-corrected chi connectivity index (χ3v) is 14.0. The largest absolute Gasteiger partial charge is 0.457 e.